The lowest BCUT2D eigenvalue weighted by Crippen LogP contribution is -2.35. The van der Waals surface area contributed by atoms with Gasteiger partial charge in [-0.3, -0.25) is 14.4 Å². The molecular weight excluding hydrogens is 330 g/mol. The molecule has 1 saturated heterocycles. The van der Waals surface area contributed by atoms with Gasteiger partial charge in [-0.25, -0.2) is 4.98 Å². The van der Waals surface area contributed by atoms with Gasteiger partial charge in [0.05, 0.1) is 24.0 Å². The Bertz CT molecular complexity index is 771. The van der Waals surface area contributed by atoms with E-state index < -0.39 is 0 Å². The Morgan fingerprint density at radius 2 is 2.00 bits per heavy atom. The Hall–Kier alpha value is -2.15. The van der Waals surface area contributed by atoms with Gasteiger partial charge in [-0.2, -0.15) is 5.10 Å². The smallest absolute Gasteiger partial charge is 0.257 e. The number of aryl methyl sites for hydroxylation is 2. The number of amides is 1. The lowest BCUT2D eigenvalue weighted by atomic mass is 9.94. The number of aromatic nitrogens is 3. The van der Waals surface area contributed by atoms with Gasteiger partial charge < -0.3 is 9.32 Å². The fraction of sp³-hybridized carbons (Fsp3) is 0.632. The molecule has 0 unspecified atom stereocenters. The Morgan fingerprint density at radius 3 is 2.62 bits per heavy atom. The number of carbonyl (C=O) groups excluding carboxylic acids is 1. The molecule has 1 amide bonds. The van der Waals surface area contributed by atoms with Crippen molar-refractivity contribution in [3.8, 4) is 0 Å². The molecule has 0 aliphatic carbocycles. The van der Waals surface area contributed by atoms with E-state index in [1.807, 2.05) is 25.1 Å². The molecule has 0 atom stereocenters. The number of hydrogen-bond acceptors (Lipinski definition) is 5. The predicted octanol–water partition coefficient (Wildman–Crippen LogP) is 2.36. The summed E-state index contributed by atoms with van der Waals surface area (Å²) in [6, 6.07) is 0. The molecular formula is C19H29N5O2. The van der Waals surface area contributed by atoms with Crippen molar-refractivity contribution in [1.82, 2.24) is 24.6 Å². The molecule has 1 fully saturated rings. The van der Waals surface area contributed by atoms with E-state index in [2.05, 4.69) is 35.8 Å². The summed E-state index contributed by atoms with van der Waals surface area (Å²) in [4.78, 5) is 21.5. The predicted molar refractivity (Wildman–Crippen MR) is 98.9 cm³/mol. The molecule has 0 bridgehead atoms. The molecule has 2 aromatic heterocycles. The average molecular weight is 359 g/mol. The molecule has 26 heavy (non-hydrogen) atoms. The van der Waals surface area contributed by atoms with Crippen LogP contribution in [-0.2, 0) is 19.0 Å². The highest BCUT2D eigenvalue weighted by atomic mass is 16.4. The number of nitrogens with zero attached hydrogens (tertiary/aromatic N) is 5. The minimum Gasteiger partial charge on any atom is -0.444 e. The summed E-state index contributed by atoms with van der Waals surface area (Å²) in [6.45, 7) is 12.1. The van der Waals surface area contributed by atoms with Gasteiger partial charge in [0, 0.05) is 44.8 Å². The van der Waals surface area contributed by atoms with E-state index >= 15 is 0 Å². The molecule has 0 aromatic carbocycles. The zero-order valence-electron chi connectivity index (χ0n) is 16.4. The van der Waals surface area contributed by atoms with E-state index in [0.29, 0.717) is 18.7 Å². The molecule has 0 spiro atoms. The second-order valence-corrected chi connectivity index (χ2v) is 8.09. The zero-order chi connectivity index (χ0) is 18.9. The normalized spacial score (nSPS) is 16.7. The van der Waals surface area contributed by atoms with E-state index in [0.717, 1.165) is 43.4 Å². The van der Waals surface area contributed by atoms with Gasteiger partial charge in [-0.1, -0.05) is 20.8 Å². The van der Waals surface area contributed by atoms with Crippen LogP contribution < -0.4 is 0 Å². The minimum absolute atomic E-state index is 0.0329. The highest BCUT2D eigenvalue weighted by Crippen LogP contribution is 2.23. The molecule has 3 heterocycles. The standard InChI is InChI=1S/C19H29N5O2/c1-14-15(12-22(5)21-14)18(25)24-8-6-7-23(9-10-24)13-17-20-11-16(26-17)19(2,3)4/h11-12H,6-10,13H2,1-5H3. The van der Waals surface area contributed by atoms with E-state index in [4.69, 9.17) is 4.42 Å². The second-order valence-electron chi connectivity index (χ2n) is 8.09. The van der Waals surface area contributed by atoms with Crippen LogP contribution in [0, 0.1) is 6.92 Å². The summed E-state index contributed by atoms with van der Waals surface area (Å²) >= 11 is 0. The van der Waals surface area contributed by atoms with Crippen molar-refractivity contribution < 1.29 is 9.21 Å². The van der Waals surface area contributed by atoms with Crippen molar-refractivity contribution in [2.75, 3.05) is 26.2 Å². The number of oxazole rings is 1. The molecule has 2 aromatic rings. The Labute approximate surface area is 155 Å². The van der Waals surface area contributed by atoms with Gasteiger partial charge in [-0.05, 0) is 13.3 Å². The maximum Gasteiger partial charge on any atom is 0.257 e. The highest BCUT2D eigenvalue weighted by Gasteiger charge is 2.24. The number of rotatable bonds is 3. The molecule has 7 nitrogen and oxygen atoms in total. The number of carbonyl (C=O) groups is 1. The van der Waals surface area contributed by atoms with Crippen molar-refractivity contribution in [2.24, 2.45) is 7.05 Å². The van der Waals surface area contributed by atoms with Crippen LogP contribution >= 0.6 is 0 Å². The summed E-state index contributed by atoms with van der Waals surface area (Å²) in [5.41, 5.74) is 1.45. The Balaban J connectivity index is 1.60. The summed E-state index contributed by atoms with van der Waals surface area (Å²) in [5, 5.41) is 4.28. The fourth-order valence-corrected chi connectivity index (χ4v) is 3.23. The lowest BCUT2D eigenvalue weighted by Gasteiger charge is -2.21. The molecule has 1 aliphatic heterocycles. The quantitative estimate of drug-likeness (QED) is 0.842. The topological polar surface area (TPSA) is 67.4 Å². The van der Waals surface area contributed by atoms with Crippen molar-refractivity contribution >= 4 is 5.91 Å². The van der Waals surface area contributed by atoms with Crippen LogP contribution in [0.3, 0.4) is 0 Å². The van der Waals surface area contributed by atoms with Crippen LogP contribution in [0.1, 0.15) is 54.9 Å². The summed E-state index contributed by atoms with van der Waals surface area (Å²) in [6.07, 6.45) is 4.58. The number of hydrogen-bond donors (Lipinski definition) is 0. The largest absolute Gasteiger partial charge is 0.444 e. The summed E-state index contributed by atoms with van der Waals surface area (Å²) in [7, 11) is 1.84. The third kappa shape index (κ3) is 4.15. The first-order valence-electron chi connectivity index (χ1n) is 9.21. The summed E-state index contributed by atoms with van der Waals surface area (Å²) in [5.74, 6) is 1.73. The van der Waals surface area contributed by atoms with Gasteiger partial charge in [0.1, 0.15) is 5.76 Å². The monoisotopic (exact) mass is 359 g/mol. The van der Waals surface area contributed by atoms with Crippen molar-refractivity contribution in [3.63, 3.8) is 0 Å². The van der Waals surface area contributed by atoms with Crippen LogP contribution in [0.2, 0.25) is 0 Å². The molecule has 0 saturated carbocycles. The lowest BCUT2D eigenvalue weighted by molar-refractivity contribution is 0.0760. The van der Waals surface area contributed by atoms with E-state index in [1.165, 1.54) is 0 Å². The molecule has 142 valence electrons. The minimum atomic E-state index is -0.0329. The molecule has 0 N–H and O–H groups in total. The van der Waals surface area contributed by atoms with Gasteiger partial charge in [0.15, 0.2) is 0 Å². The van der Waals surface area contributed by atoms with Crippen LogP contribution in [0.5, 0.6) is 0 Å². The van der Waals surface area contributed by atoms with Crippen molar-refractivity contribution in [1.29, 1.82) is 0 Å². The first-order chi connectivity index (χ1) is 12.2. The van der Waals surface area contributed by atoms with Gasteiger partial charge in [0.25, 0.3) is 5.91 Å². The molecule has 1 aliphatic rings. The van der Waals surface area contributed by atoms with Gasteiger partial charge >= 0.3 is 0 Å². The van der Waals surface area contributed by atoms with Gasteiger partial charge in [0.2, 0.25) is 5.89 Å². The van der Waals surface area contributed by atoms with E-state index in [-0.39, 0.29) is 11.3 Å². The third-order valence-electron chi connectivity index (χ3n) is 4.77. The van der Waals surface area contributed by atoms with Crippen LogP contribution in [0.25, 0.3) is 0 Å². The van der Waals surface area contributed by atoms with E-state index in [1.54, 1.807) is 10.9 Å². The average Bonchev–Trinajstić information content (AvgIpc) is 3.07. The SMILES string of the molecule is Cc1nn(C)cc1C(=O)N1CCCN(Cc2ncc(C(C)(C)C)o2)CC1. The first-order valence-corrected chi connectivity index (χ1v) is 9.21. The van der Waals surface area contributed by atoms with Gasteiger partial charge in [-0.15, -0.1) is 0 Å². The molecule has 3 rings (SSSR count). The second kappa shape index (κ2) is 7.23. The first kappa shape index (κ1) is 18.6. The highest BCUT2D eigenvalue weighted by molar-refractivity contribution is 5.95. The fourth-order valence-electron chi connectivity index (χ4n) is 3.23. The molecule has 7 heteroatoms. The summed E-state index contributed by atoms with van der Waals surface area (Å²) < 4.78 is 7.61. The van der Waals surface area contributed by atoms with E-state index in [9.17, 15) is 4.79 Å². The molecule has 0 radical (unpaired) electrons. The van der Waals surface area contributed by atoms with Crippen LogP contribution in [-0.4, -0.2) is 56.7 Å². The van der Waals surface area contributed by atoms with Crippen LogP contribution in [0.4, 0.5) is 0 Å². The zero-order valence-corrected chi connectivity index (χ0v) is 16.4. The van der Waals surface area contributed by atoms with Crippen molar-refractivity contribution in [3.05, 3.63) is 35.3 Å². The van der Waals surface area contributed by atoms with Crippen LogP contribution in [0.15, 0.2) is 16.8 Å². The van der Waals surface area contributed by atoms with Crippen molar-refractivity contribution in [2.45, 2.75) is 46.1 Å². The Kier molecular flexibility index (Phi) is 5.18. The Morgan fingerprint density at radius 1 is 1.23 bits per heavy atom. The third-order valence-corrected chi connectivity index (χ3v) is 4.77. The maximum atomic E-state index is 12.8. The maximum absolute atomic E-state index is 12.8.